The molecular weight excluding hydrogens is 1870 g/mol. The first kappa shape index (κ1) is 96.2. The second kappa shape index (κ2) is 42.3. The molecule has 0 aliphatic carbocycles. The minimum Gasteiger partial charge on any atom is -0.368 e. The average Bonchev–Trinajstić information content (AvgIpc) is 1.72. The molecule has 8 aromatic carbocycles. The fraction of sp³-hybridized carbons (Fsp3) is 0.414. The normalized spacial score (nSPS) is 20.3. The number of carbonyl (C=O) groups excluding carboxylic acids is 4. The van der Waals surface area contributed by atoms with Gasteiger partial charge < -0.3 is 50.7 Å². The number of anilines is 2. The summed E-state index contributed by atoms with van der Waals surface area (Å²) in [7, 11) is 0. The Bertz CT molecular complexity index is 6500. The molecule has 0 bridgehead atoms. The number of benzene rings is 8. The monoisotopic (exact) mass is 1970 g/mol. The number of nitriles is 1. The average molecular weight is 1970 g/mol. The van der Waals surface area contributed by atoms with Crippen molar-refractivity contribution in [2.24, 2.45) is 0 Å². The second-order valence-corrected chi connectivity index (χ2v) is 38.8. The van der Waals surface area contributed by atoms with E-state index in [9.17, 15) is 37.6 Å². The maximum absolute atomic E-state index is 13.7. The summed E-state index contributed by atoms with van der Waals surface area (Å²) in [6.45, 7) is 21.5. The quantitative estimate of drug-likeness (QED) is 0.0700. The van der Waals surface area contributed by atoms with Crippen LogP contribution in [-0.2, 0) is 25.4 Å². The number of alkyl halides is 3. The summed E-state index contributed by atoms with van der Waals surface area (Å²) in [6, 6.07) is 45.6. The number of amides is 4. The van der Waals surface area contributed by atoms with Gasteiger partial charge in [-0.1, -0.05) is 152 Å². The van der Waals surface area contributed by atoms with Gasteiger partial charge in [-0.2, -0.15) is 23.5 Å². The van der Waals surface area contributed by atoms with E-state index >= 15 is 0 Å². The fourth-order valence-electron chi connectivity index (χ4n) is 19.7. The molecule has 12 heterocycles. The third-order valence-electron chi connectivity index (χ3n) is 27.4. The van der Waals surface area contributed by atoms with Gasteiger partial charge in [0.1, 0.15) is 22.6 Å². The number of piperidine rings is 1. The van der Waals surface area contributed by atoms with Crippen LogP contribution in [0.4, 0.5) is 24.5 Å². The first-order valence-corrected chi connectivity index (χ1v) is 48.9. The van der Waals surface area contributed by atoms with Crippen LogP contribution in [0.5, 0.6) is 0 Å². The highest BCUT2D eigenvalue weighted by Crippen LogP contribution is 2.42. The lowest BCUT2D eigenvalue weighted by Gasteiger charge is -2.42. The molecule has 0 spiro atoms. The van der Waals surface area contributed by atoms with Crippen LogP contribution < -0.4 is 31.1 Å². The standard InChI is InChI=1S/C26H25Cl2N5O.C26H27ClF3N5O.C24H28Cl2N6O.C23H26Cl2N6O/c1-16(20-7-5-19(27)14-22(20)28)33-25-13-18(4-6-21(25)24(15-29)31-33)17-8-11-32(12-9-17)26(34)23-3-2-10-30-23;1-16(20-7-6-19(27)15-21(20)26(28,29)30)35-24-14-18(5-8-22(24)32-33-35)17-9-12-34(13-10-17)25(36)23-4-2-3-11-31-23;1-15-14-30(10-11-31(15)24(33)22-4-3-9-27-22)18-6-8-21-23(13-18)32(29-28-21)16(2)19-7-5-17(25)12-20(19)26;1-15(18-6-4-16(24)13-19(18)25)31-22-14-17(5-7-20(22)27-28-31)29-9-11-30(12-10-29)23(32)21-3-2-8-26-21/h4-8,13-14,16,23,30H,2-3,9-12H2,1H3;5-9,14-16,23,31H,2-4,10-13H2,1H3;5-8,12-13,15-16,22,27H,3-4,9-11,14H2,1-2H3;4-7,13-15,21,26H,2-3,8-12H2,1H3/t2*16?,23-;15-,16?,22-;15?,21-/m1111/s1. The van der Waals surface area contributed by atoms with Crippen molar-refractivity contribution >= 4 is 171 Å². The zero-order chi connectivity index (χ0) is 94.6. The minimum atomic E-state index is -4.54. The molecule has 6 fully saturated rings. The number of aromatic nitrogens is 11. The third-order valence-corrected chi connectivity index (χ3v) is 29.3. The van der Waals surface area contributed by atoms with Gasteiger partial charge in [0.05, 0.1) is 76.0 Å². The number of nitrogens with one attached hydrogen (secondary N) is 4. The Hall–Kier alpha value is -10.5. The first-order valence-electron chi connectivity index (χ1n) is 46.3. The van der Waals surface area contributed by atoms with E-state index in [1.165, 1.54) is 22.4 Å². The lowest BCUT2D eigenvalue weighted by molar-refractivity contribution is -0.138. The SMILES string of the molecule is CC(c1ccc(Cl)cc1C(F)(F)F)n1nnc2ccc(C3=CCN(C(=O)[C@H]4CCCCN4)CC3)cc21.CC(c1ccc(Cl)cc1Cl)n1nc(C#N)c2ccc(C3=CCN(C(=O)[C@H]4CCCN4)CC3)cc21.CC(c1ccc(Cl)cc1Cl)n1nnc2ccc(N3CCN(C(=O)[C@H]4CCCN4)CC3)cc21.CC(c1ccc(Cl)cc1Cl)n1nnc2ccc(N3CCN(C(=O)[C@H]4CCCN4)[C@H](C)C3)cc21. The Labute approximate surface area is 816 Å². The predicted octanol–water partition coefficient (Wildman–Crippen LogP) is 18.5. The predicted molar refractivity (Wildman–Crippen MR) is 527 cm³/mol. The zero-order valence-corrected chi connectivity index (χ0v) is 80.8. The molecule has 4 N–H and O–H groups in total. The molecule has 12 aromatic rings. The number of hydrogen-bond acceptors (Lipinski definition) is 18. The molecule has 4 amide bonds. The molecule has 4 aromatic heterocycles. The van der Waals surface area contributed by atoms with Crippen LogP contribution in [0.1, 0.15) is 174 Å². The summed E-state index contributed by atoms with van der Waals surface area (Å²) in [5.41, 5.74) is 14.7. The largest absolute Gasteiger partial charge is 0.416 e. The Morgan fingerprint density at radius 1 is 0.422 bits per heavy atom. The van der Waals surface area contributed by atoms with Crippen LogP contribution in [-0.4, -0.2) is 226 Å². The molecular formula is C99H106Cl7F3N22O4. The summed E-state index contributed by atoms with van der Waals surface area (Å²) in [5.74, 6) is 0.841. The van der Waals surface area contributed by atoms with Gasteiger partial charge >= 0.3 is 6.18 Å². The zero-order valence-electron chi connectivity index (χ0n) is 75.6. The van der Waals surface area contributed by atoms with E-state index in [-0.39, 0.29) is 82.5 Å². The third kappa shape index (κ3) is 21.3. The fourth-order valence-corrected chi connectivity index (χ4v) is 21.6. The number of nitrogens with zero attached hydrogens (tertiary/aromatic N) is 18. The number of rotatable bonds is 16. The van der Waals surface area contributed by atoms with Crippen LogP contribution in [0.15, 0.2) is 158 Å². The van der Waals surface area contributed by atoms with Gasteiger partial charge in [0, 0.05) is 130 Å². The van der Waals surface area contributed by atoms with E-state index in [2.05, 4.69) is 136 Å². The van der Waals surface area contributed by atoms with Crippen molar-refractivity contribution in [3.05, 3.63) is 238 Å². The van der Waals surface area contributed by atoms with Crippen molar-refractivity contribution in [3.8, 4) is 6.07 Å². The number of halogens is 10. The van der Waals surface area contributed by atoms with Crippen molar-refractivity contribution in [1.29, 1.82) is 5.26 Å². The maximum atomic E-state index is 13.7. The molecule has 6 saturated heterocycles. The molecule has 706 valence electrons. The summed E-state index contributed by atoms with van der Waals surface area (Å²) in [5, 5.41) is 57.8. The van der Waals surface area contributed by atoms with Gasteiger partial charge in [0.2, 0.25) is 23.6 Å². The van der Waals surface area contributed by atoms with E-state index < -0.39 is 17.8 Å². The van der Waals surface area contributed by atoms with Gasteiger partial charge in [0.15, 0.2) is 5.69 Å². The summed E-state index contributed by atoms with van der Waals surface area (Å²) in [6.07, 6.45) is 10.2. The van der Waals surface area contributed by atoms with E-state index in [0.29, 0.717) is 79.5 Å². The van der Waals surface area contributed by atoms with Crippen LogP contribution in [0.2, 0.25) is 35.2 Å². The van der Waals surface area contributed by atoms with Gasteiger partial charge in [-0.25, -0.2) is 14.0 Å². The van der Waals surface area contributed by atoms with E-state index in [1.54, 1.807) is 25.1 Å². The number of hydrogen-bond donors (Lipinski definition) is 4. The van der Waals surface area contributed by atoms with Crippen LogP contribution >= 0.6 is 81.2 Å². The lowest BCUT2D eigenvalue weighted by atomic mass is 9.97. The molecule has 20 rings (SSSR count). The summed E-state index contributed by atoms with van der Waals surface area (Å²) in [4.78, 5) is 63.7. The molecule has 9 atom stereocenters. The summed E-state index contributed by atoms with van der Waals surface area (Å²) < 4.78 is 48.3. The molecule has 8 aliphatic rings. The molecule has 135 heavy (non-hydrogen) atoms. The van der Waals surface area contributed by atoms with E-state index in [1.807, 2.05) is 119 Å². The van der Waals surface area contributed by atoms with Crippen molar-refractivity contribution in [2.45, 2.75) is 166 Å². The number of fused-ring (bicyclic) bond motifs is 4. The molecule has 4 unspecified atom stereocenters. The van der Waals surface area contributed by atoms with Crippen molar-refractivity contribution in [3.63, 3.8) is 0 Å². The van der Waals surface area contributed by atoms with Gasteiger partial charge in [-0.3, -0.25) is 23.9 Å². The Kier molecular flexibility index (Phi) is 30.1. The first-order chi connectivity index (χ1) is 65.1. The minimum absolute atomic E-state index is 0.000458. The highest BCUT2D eigenvalue weighted by molar-refractivity contribution is 6.36. The molecule has 8 aliphatic heterocycles. The second-order valence-electron chi connectivity index (χ2n) is 35.8. The highest BCUT2D eigenvalue weighted by Gasteiger charge is 2.39. The molecule has 36 heteroatoms. The van der Waals surface area contributed by atoms with Gasteiger partial charge in [-0.05, 0) is 279 Å². The van der Waals surface area contributed by atoms with Gasteiger partial charge in [0.25, 0.3) is 0 Å². The van der Waals surface area contributed by atoms with Gasteiger partial charge in [-0.15, -0.1) is 15.3 Å². The van der Waals surface area contributed by atoms with Crippen LogP contribution in [0.25, 0.3) is 55.1 Å². The van der Waals surface area contributed by atoms with Crippen LogP contribution in [0.3, 0.4) is 0 Å². The smallest absolute Gasteiger partial charge is 0.368 e. The summed E-state index contributed by atoms with van der Waals surface area (Å²) >= 11 is 43.4. The molecule has 0 saturated carbocycles. The van der Waals surface area contributed by atoms with Crippen molar-refractivity contribution in [1.82, 2.24) is 95.6 Å². The van der Waals surface area contributed by atoms with Crippen LogP contribution in [0, 0.1) is 11.3 Å². The molecule has 26 nitrogen and oxygen atoms in total. The van der Waals surface area contributed by atoms with E-state index in [0.717, 1.165) is 220 Å². The van der Waals surface area contributed by atoms with Crippen molar-refractivity contribution < 1.29 is 32.3 Å². The molecule has 0 radical (unpaired) electrons. The lowest BCUT2D eigenvalue weighted by Crippen LogP contribution is -2.57. The van der Waals surface area contributed by atoms with Crippen molar-refractivity contribution in [2.75, 3.05) is 108 Å². The Balaban J connectivity index is 0.000000125. The Morgan fingerprint density at radius 2 is 0.822 bits per heavy atom. The maximum Gasteiger partial charge on any atom is 0.416 e. The number of piperazine rings is 2. The number of carbonyl (C=O) groups is 4. The van der Waals surface area contributed by atoms with E-state index in [4.69, 9.17) is 81.2 Å². The topological polar surface area (TPSA) is 270 Å². The highest BCUT2D eigenvalue weighted by atomic mass is 35.5. The Morgan fingerprint density at radius 3 is 1.26 bits per heavy atom.